The molecule has 2 bridgehead atoms. The van der Waals surface area contributed by atoms with Crippen molar-refractivity contribution in [1.29, 1.82) is 0 Å². The Morgan fingerprint density at radius 1 is 1.23 bits per heavy atom. The maximum atomic E-state index is 13.3. The van der Waals surface area contributed by atoms with E-state index in [0.29, 0.717) is 17.9 Å². The smallest absolute Gasteiger partial charge is 0.326 e. The van der Waals surface area contributed by atoms with Crippen LogP contribution in [-0.2, 0) is 11.0 Å². The molecule has 0 radical (unpaired) electrons. The highest BCUT2D eigenvalue weighted by molar-refractivity contribution is 5.93. The lowest BCUT2D eigenvalue weighted by Crippen LogP contribution is -2.32. The van der Waals surface area contributed by atoms with Gasteiger partial charge in [0.25, 0.3) is 0 Å². The van der Waals surface area contributed by atoms with E-state index < -0.39 is 17.6 Å². The number of anilines is 1. The Bertz CT molecular complexity index is 596. The monoisotopic (exact) mass is 315 g/mol. The lowest BCUT2D eigenvalue weighted by atomic mass is 9.80. The van der Waals surface area contributed by atoms with Crippen molar-refractivity contribution < 1.29 is 22.4 Å². The van der Waals surface area contributed by atoms with Crippen molar-refractivity contribution in [1.82, 2.24) is 0 Å². The topological polar surface area (TPSA) is 29.1 Å². The molecule has 2 nitrogen and oxygen atoms in total. The van der Waals surface area contributed by atoms with Crippen LogP contribution in [0.15, 0.2) is 18.2 Å². The van der Waals surface area contributed by atoms with Crippen LogP contribution in [-0.4, -0.2) is 5.91 Å². The van der Waals surface area contributed by atoms with Gasteiger partial charge in [0.05, 0.1) is 5.56 Å². The molecule has 0 unspecified atom stereocenters. The van der Waals surface area contributed by atoms with Crippen LogP contribution in [0.1, 0.15) is 31.7 Å². The van der Waals surface area contributed by atoms with Gasteiger partial charge in [-0.3, -0.25) is 4.79 Å². The van der Waals surface area contributed by atoms with Crippen molar-refractivity contribution >= 4 is 11.6 Å². The van der Waals surface area contributed by atoms with Crippen LogP contribution in [0.3, 0.4) is 0 Å². The number of carbonyl (C=O) groups is 1. The van der Waals surface area contributed by atoms with Gasteiger partial charge < -0.3 is 5.32 Å². The summed E-state index contributed by atoms with van der Waals surface area (Å²) in [7, 11) is 0. The molecular formula is C16H17F4NO. The fraction of sp³-hybridized carbons (Fsp3) is 0.562. The first kappa shape index (κ1) is 15.3. The van der Waals surface area contributed by atoms with E-state index in [1.54, 1.807) is 0 Å². The molecule has 2 aliphatic rings. The van der Waals surface area contributed by atoms with E-state index >= 15 is 0 Å². The lowest BCUT2D eigenvalue weighted by Gasteiger charge is -2.27. The Balaban J connectivity index is 1.78. The molecule has 1 aromatic carbocycles. The summed E-state index contributed by atoms with van der Waals surface area (Å²) in [5, 5.41) is 2.53. The highest BCUT2D eigenvalue weighted by atomic mass is 19.4. The van der Waals surface area contributed by atoms with Crippen molar-refractivity contribution in [3.05, 3.63) is 29.6 Å². The number of nitrogens with one attached hydrogen (secondary N) is 1. The molecule has 22 heavy (non-hydrogen) atoms. The average molecular weight is 315 g/mol. The highest BCUT2D eigenvalue weighted by Crippen LogP contribution is 2.52. The van der Waals surface area contributed by atoms with Crippen molar-refractivity contribution in [3.8, 4) is 0 Å². The summed E-state index contributed by atoms with van der Waals surface area (Å²) in [6.07, 6.45) is -1.62. The van der Waals surface area contributed by atoms with Crippen LogP contribution in [0.2, 0.25) is 0 Å². The first-order chi connectivity index (χ1) is 10.3. The van der Waals surface area contributed by atoms with Gasteiger partial charge in [0, 0.05) is 11.6 Å². The van der Waals surface area contributed by atoms with Gasteiger partial charge in [0.1, 0.15) is 5.82 Å². The number of hydrogen-bond donors (Lipinski definition) is 1. The van der Waals surface area contributed by atoms with Crippen LogP contribution >= 0.6 is 0 Å². The van der Waals surface area contributed by atoms with Crippen molar-refractivity contribution in [2.75, 3.05) is 5.32 Å². The summed E-state index contributed by atoms with van der Waals surface area (Å²) in [4.78, 5) is 12.4. The van der Waals surface area contributed by atoms with Crippen molar-refractivity contribution in [3.63, 3.8) is 0 Å². The zero-order valence-electron chi connectivity index (χ0n) is 12.1. The molecular weight excluding hydrogens is 298 g/mol. The van der Waals surface area contributed by atoms with Crippen LogP contribution in [0.4, 0.5) is 23.2 Å². The fourth-order valence-electron chi connectivity index (χ4n) is 4.08. The number of amides is 1. The first-order valence-electron chi connectivity index (χ1n) is 7.45. The summed E-state index contributed by atoms with van der Waals surface area (Å²) in [5.74, 6) is -0.625. The normalized spacial score (nSPS) is 30.6. The predicted molar refractivity (Wildman–Crippen MR) is 73.5 cm³/mol. The number of carbonyl (C=O) groups excluding carboxylic acids is 1. The largest absolute Gasteiger partial charge is 0.419 e. The molecule has 0 spiro atoms. The van der Waals surface area contributed by atoms with E-state index in [1.807, 2.05) is 6.92 Å². The van der Waals surface area contributed by atoms with Gasteiger partial charge >= 0.3 is 6.18 Å². The summed E-state index contributed by atoms with van der Waals surface area (Å²) >= 11 is 0. The van der Waals surface area contributed by atoms with E-state index in [-0.39, 0.29) is 23.4 Å². The van der Waals surface area contributed by atoms with Gasteiger partial charge in [-0.2, -0.15) is 13.2 Å². The number of benzene rings is 1. The minimum Gasteiger partial charge on any atom is -0.326 e. The second-order valence-electron chi connectivity index (χ2n) is 6.40. The second-order valence-corrected chi connectivity index (χ2v) is 6.40. The molecule has 0 aromatic heterocycles. The van der Waals surface area contributed by atoms with E-state index in [2.05, 4.69) is 5.32 Å². The molecule has 1 aromatic rings. The molecule has 0 heterocycles. The Morgan fingerprint density at radius 3 is 2.50 bits per heavy atom. The Morgan fingerprint density at radius 2 is 1.91 bits per heavy atom. The minimum atomic E-state index is -4.77. The quantitative estimate of drug-likeness (QED) is 0.802. The first-order valence-corrected chi connectivity index (χ1v) is 7.45. The van der Waals surface area contributed by atoms with Crippen molar-refractivity contribution in [2.45, 2.75) is 32.4 Å². The third-order valence-electron chi connectivity index (χ3n) is 5.17. The number of fused-ring (bicyclic) bond motifs is 2. The standard InChI is InChI=1S/C16H17F4NO/c1-8-9-2-3-10(6-9)14(8)15(22)21-11-4-5-13(17)12(7-11)16(18,19)20/h4-5,7-10,14H,2-3,6H2,1H3,(H,21,22)/t8-,9+,10-,14-/m1/s1. The number of rotatable bonds is 2. The highest BCUT2D eigenvalue weighted by Gasteiger charge is 2.48. The number of hydrogen-bond acceptors (Lipinski definition) is 1. The Kier molecular flexibility index (Phi) is 3.65. The SMILES string of the molecule is C[C@@H]1[C@H]2CC[C@H](C2)[C@@H]1C(=O)Nc1ccc(F)c(C(F)(F)F)c1. The molecule has 4 atom stereocenters. The summed E-state index contributed by atoms with van der Waals surface area (Å²) in [6, 6.07) is 2.56. The zero-order chi connectivity index (χ0) is 16.1. The molecule has 2 aliphatic carbocycles. The maximum Gasteiger partial charge on any atom is 0.419 e. The predicted octanol–water partition coefficient (Wildman–Crippen LogP) is 4.47. The van der Waals surface area contributed by atoms with Crippen LogP contribution in [0.25, 0.3) is 0 Å². The summed E-state index contributed by atoms with van der Waals surface area (Å²) in [6.45, 7) is 2.03. The molecule has 2 saturated carbocycles. The van der Waals surface area contributed by atoms with Gasteiger partial charge in [-0.1, -0.05) is 6.92 Å². The van der Waals surface area contributed by atoms with Crippen LogP contribution < -0.4 is 5.32 Å². The van der Waals surface area contributed by atoms with Crippen LogP contribution in [0.5, 0.6) is 0 Å². The van der Waals surface area contributed by atoms with Crippen molar-refractivity contribution in [2.24, 2.45) is 23.7 Å². The molecule has 2 fully saturated rings. The Hall–Kier alpha value is -1.59. The van der Waals surface area contributed by atoms with Gasteiger partial charge in [0.15, 0.2) is 0 Å². The summed E-state index contributed by atoms with van der Waals surface area (Å²) in [5.41, 5.74) is -1.36. The third-order valence-corrected chi connectivity index (χ3v) is 5.17. The van der Waals surface area contributed by atoms with E-state index in [0.717, 1.165) is 25.3 Å². The zero-order valence-corrected chi connectivity index (χ0v) is 12.1. The minimum absolute atomic E-state index is 0.00583. The Labute approximate surface area is 125 Å². The molecule has 6 heteroatoms. The van der Waals surface area contributed by atoms with Gasteiger partial charge in [-0.15, -0.1) is 0 Å². The lowest BCUT2D eigenvalue weighted by molar-refractivity contribution is -0.140. The molecule has 1 amide bonds. The van der Waals surface area contributed by atoms with E-state index in [1.165, 1.54) is 6.07 Å². The van der Waals surface area contributed by atoms with Gasteiger partial charge in [-0.25, -0.2) is 4.39 Å². The number of alkyl halides is 3. The molecule has 120 valence electrons. The maximum absolute atomic E-state index is 13.3. The average Bonchev–Trinajstić information content (AvgIpc) is 3.00. The molecule has 0 aliphatic heterocycles. The van der Waals surface area contributed by atoms with Gasteiger partial charge in [-0.05, 0) is 55.2 Å². The van der Waals surface area contributed by atoms with Crippen LogP contribution in [0, 0.1) is 29.5 Å². The van der Waals surface area contributed by atoms with Gasteiger partial charge in [0.2, 0.25) is 5.91 Å². The van der Waals surface area contributed by atoms with E-state index in [4.69, 9.17) is 0 Å². The van der Waals surface area contributed by atoms with E-state index in [9.17, 15) is 22.4 Å². The second kappa shape index (κ2) is 5.25. The molecule has 0 saturated heterocycles. The fourth-order valence-corrected chi connectivity index (χ4v) is 4.08. The third kappa shape index (κ3) is 2.59. The summed E-state index contributed by atoms with van der Waals surface area (Å²) < 4.78 is 51.4. The number of halogens is 4. The molecule has 1 N–H and O–H groups in total. The molecule has 3 rings (SSSR count).